The normalized spacial score (nSPS) is 15.6. The highest BCUT2D eigenvalue weighted by molar-refractivity contribution is 6.58. The molecule has 0 radical (unpaired) electrons. The van der Waals surface area contributed by atoms with Crippen LogP contribution in [-0.2, 0) is 4.74 Å². The number of carbonyl (C=O) groups is 1. The fraction of sp³-hybridized carbons (Fsp3) is 0.533. The Morgan fingerprint density at radius 3 is 2.30 bits per heavy atom. The molecule has 1 aliphatic heterocycles. The topological polar surface area (TPSA) is 73.2 Å². The Bertz CT molecular complexity index is 569. The van der Waals surface area contributed by atoms with Crippen LogP contribution >= 0.6 is 0 Å². The number of benzene rings is 1. The van der Waals surface area contributed by atoms with Crippen molar-refractivity contribution in [3.63, 3.8) is 0 Å². The van der Waals surface area contributed by atoms with E-state index < -0.39 is 18.5 Å². The largest absolute Gasteiger partial charge is 0.491 e. The van der Waals surface area contributed by atoms with Gasteiger partial charge in [-0.1, -0.05) is 6.07 Å². The van der Waals surface area contributed by atoms with Gasteiger partial charge < -0.3 is 24.6 Å². The van der Waals surface area contributed by atoms with E-state index in [2.05, 4.69) is 0 Å². The van der Waals surface area contributed by atoms with E-state index in [-0.39, 0.29) is 11.6 Å². The van der Waals surface area contributed by atoms with Crippen molar-refractivity contribution in [2.45, 2.75) is 26.4 Å². The molecule has 1 heterocycles. The van der Waals surface area contributed by atoms with Crippen molar-refractivity contribution >= 4 is 24.4 Å². The van der Waals surface area contributed by atoms with Gasteiger partial charge >= 0.3 is 13.2 Å². The zero-order valence-corrected chi connectivity index (χ0v) is 13.6. The molecule has 126 valence electrons. The second-order valence-electron chi connectivity index (χ2n) is 6.53. The fourth-order valence-corrected chi connectivity index (χ4v) is 2.40. The third-order valence-corrected chi connectivity index (χ3v) is 3.56. The number of halogens is 1. The molecule has 0 saturated carbocycles. The Hall–Kier alpha value is -1.80. The molecule has 1 fully saturated rings. The van der Waals surface area contributed by atoms with Gasteiger partial charge in [0.25, 0.3) is 0 Å². The molecule has 1 saturated heterocycles. The van der Waals surface area contributed by atoms with Gasteiger partial charge in [0.05, 0.1) is 0 Å². The summed E-state index contributed by atoms with van der Waals surface area (Å²) in [6, 6.07) is 4.27. The van der Waals surface area contributed by atoms with Crippen LogP contribution in [0.1, 0.15) is 20.8 Å². The maximum atomic E-state index is 13.8. The minimum absolute atomic E-state index is 0.152. The quantitative estimate of drug-likeness (QED) is 0.778. The Morgan fingerprint density at radius 2 is 1.83 bits per heavy atom. The molecule has 0 unspecified atom stereocenters. The minimum Gasteiger partial charge on any atom is -0.444 e. The molecule has 6 nitrogen and oxygen atoms in total. The van der Waals surface area contributed by atoms with Crippen molar-refractivity contribution in [2.75, 3.05) is 31.1 Å². The van der Waals surface area contributed by atoms with Crippen LogP contribution < -0.4 is 10.4 Å². The summed E-state index contributed by atoms with van der Waals surface area (Å²) >= 11 is 0. The van der Waals surface area contributed by atoms with Crippen LogP contribution in [0.25, 0.3) is 0 Å². The molecule has 2 N–H and O–H groups in total. The predicted molar refractivity (Wildman–Crippen MR) is 86.2 cm³/mol. The third-order valence-electron chi connectivity index (χ3n) is 3.56. The molecular weight excluding hydrogens is 302 g/mol. The maximum Gasteiger partial charge on any atom is 0.491 e. The van der Waals surface area contributed by atoms with E-state index in [1.807, 2.05) is 25.7 Å². The van der Waals surface area contributed by atoms with Gasteiger partial charge in [0.2, 0.25) is 0 Å². The standard InChI is InChI=1S/C15H22BFN2O4/c1-15(2,3)23-14(20)19-8-6-18(7-9-19)11-4-5-12(16(21)22)13(17)10-11/h4-5,10,21-22H,6-9H2,1-3H3. The van der Waals surface area contributed by atoms with Crippen LogP contribution in [0.3, 0.4) is 0 Å². The Kier molecular flexibility index (Phi) is 5.16. The van der Waals surface area contributed by atoms with E-state index in [4.69, 9.17) is 14.8 Å². The highest BCUT2D eigenvalue weighted by Gasteiger charge is 2.26. The average molecular weight is 324 g/mol. The average Bonchev–Trinajstić information content (AvgIpc) is 2.45. The highest BCUT2D eigenvalue weighted by Crippen LogP contribution is 2.18. The lowest BCUT2D eigenvalue weighted by atomic mass is 9.80. The van der Waals surface area contributed by atoms with Crippen molar-refractivity contribution in [3.8, 4) is 0 Å². The number of anilines is 1. The predicted octanol–water partition coefficient (Wildman–Crippen LogP) is 0.563. The minimum atomic E-state index is -1.83. The number of amides is 1. The number of nitrogens with zero attached hydrogens (tertiary/aromatic N) is 2. The molecule has 8 heteroatoms. The summed E-state index contributed by atoms with van der Waals surface area (Å²) in [5.41, 5.74) is -0.0323. The van der Waals surface area contributed by atoms with Gasteiger partial charge in [0.15, 0.2) is 0 Å². The molecular formula is C15H22BFN2O4. The lowest BCUT2D eigenvalue weighted by Gasteiger charge is -2.36. The molecule has 0 bridgehead atoms. The van der Waals surface area contributed by atoms with Crippen molar-refractivity contribution in [1.29, 1.82) is 0 Å². The van der Waals surface area contributed by atoms with Crippen LogP contribution in [-0.4, -0.2) is 59.9 Å². The first kappa shape index (κ1) is 17.6. The molecule has 23 heavy (non-hydrogen) atoms. The van der Waals surface area contributed by atoms with Crippen molar-refractivity contribution in [1.82, 2.24) is 4.90 Å². The molecule has 0 spiro atoms. The first-order valence-corrected chi connectivity index (χ1v) is 7.56. The van der Waals surface area contributed by atoms with Gasteiger partial charge in [-0.05, 0) is 32.9 Å². The van der Waals surface area contributed by atoms with E-state index in [9.17, 15) is 9.18 Å². The molecule has 0 atom stereocenters. The molecule has 0 aromatic heterocycles. The Labute approximate surface area is 135 Å². The van der Waals surface area contributed by atoms with E-state index in [0.717, 1.165) is 0 Å². The van der Waals surface area contributed by atoms with Crippen LogP contribution in [0, 0.1) is 5.82 Å². The number of carbonyl (C=O) groups excluding carboxylic acids is 1. The van der Waals surface area contributed by atoms with Crippen molar-refractivity contribution < 1.29 is 24.0 Å². The summed E-state index contributed by atoms with van der Waals surface area (Å²) in [6.07, 6.45) is -0.345. The number of hydrogen-bond donors (Lipinski definition) is 2. The number of rotatable bonds is 2. The van der Waals surface area contributed by atoms with Gasteiger partial charge in [0.1, 0.15) is 11.4 Å². The summed E-state index contributed by atoms with van der Waals surface area (Å²) in [4.78, 5) is 15.6. The summed E-state index contributed by atoms with van der Waals surface area (Å²) < 4.78 is 19.1. The number of hydrogen-bond acceptors (Lipinski definition) is 5. The van der Waals surface area contributed by atoms with Gasteiger partial charge in [-0.3, -0.25) is 0 Å². The van der Waals surface area contributed by atoms with Gasteiger partial charge in [0, 0.05) is 37.3 Å². The zero-order chi connectivity index (χ0) is 17.2. The molecule has 1 amide bonds. The van der Waals surface area contributed by atoms with Gasteiger partial charge in [-0.2, -0.15) is 0 Å². The van der Waals surface area contributed by atoms with Gasteiger partial charge in [-0.15, -0.1) is 0 Å². The van der Waals surface area contributed by atoms with E-state index in [1.165, 1.54) is 12.1 Å². The SMILES string of the molecule is CC(C)(C)OC(=O)N1CCN(c2ccc(B(O)O)c(F)c2)CC1. The summed E-state index contributed by atoms with van der Waals surface area (Å²) in [7, 11) is -1.83. The third kappa shape index (κ3) is 4.59. The summed E-state index contributed by atoms with van der Waals surface area (Å²) in [5, 5.41) is 18.1. The first-order chi connectivity index (χ1) is 10.7. The lowest BCUT2D eigenvalue weighted by molar-refractivity contribution is 0.0240. The van der Waals surface area contributed by atoms with Crippen LogP contribution in [0.15, 0.2) is 18.2 Å². The van der Waals surface area contributed by atoms with Crippen LogP contribution in [0.2, 0.25) is 0 Å². The van der Waals surface area contributed by atoms with Crippen LogP contribution in [0.5, 0.6) is 0 Å². The smallest absolute Gasteiger partial charge is 0.444 e. The monoisotopic (exact) mass is 324 g/mol. The summed E-state index contributed by atoms with van der Waals surface area (Å²) in [6.45, 7) is 7.55. The van der Waals surface area contributed by atoms with Crippen molar-refractivity contribution in [3.05, 3.63) is 24.0 Å². The Balaban J connectivity index is 1.97. The maximum absolute atomic E-state index is 13.8. The van der Waals surface area contributed by atoms with E-state index in [1.54, 1.807) is 11.0 Å². The van der Waals surface area contributed by atoms with Crippen molar-refractivity contribution in [2.24, 2.45) is 0 Å². The molecule has 1 aromatic rings. The number of ether oxygens (including phenoxy) is 1. The lowest BCUT2D eigenvalue weighted by Crippen LogP contribution is -2.50. The van der Waals surface area contributed by atoms with E-state index in [0.29, 0.717) is 31.9 Å². The molecule has 1 aliphatic rings. The highest BCUT2D eigenvalue weighted by atomic mass is 19.1. The zero-order valence-electron chi connectivity index (χ0n) is 13.6. The molecule has 0 aliphatic carbocycles. The Morgan fingerprint density at radius 1 is 1.22 bits per heavy atom. The van der Waals surface area contributed by atoms with E-state index >= 15 is 0 Å². The second kappa shape index (κ2) is 6.76. The first-order valence-electron chi connectivity index (χ1n) is 7.56. The summed E-state index contributed by atoms with van der Waals surface area (Å²) in [5.74, 6) is -0.660. The van der Waals surface area contributed by atoms with Crippen LogP contribution in [0.4, 0.5) is 14.9 Å². The fourth-order valence-electron chi connectivity index (χ4n) is 2.40. The molecule has 1 aromatic carbocycles. The second-order valence-corrected chi connectivity index (χ2v) is 6.53. The number of piperazine rings is 1. The van der Waals surface area contributed by atoms with Gasteiger partial charge in [-0.25, -0.2) is 9.18 Å². The molecule has 2 rings (SSSR count).